The molecule has 19 heavy (non-hydrogen) atoms. The average Bonchev–Trinajstić information content (AvgIpc) is 2.45. The second-order valence-electron chi connectivity index (χ2n) is 5.62. The fraction of sp³-hybridized carbons (Fsp3) is 0.467. The molecule has 0 unspecified atom stereocenters. The van der Waals surface area contributed by atoms with Gasteiger partial charge in [0.05, 0.1) is 24.8 Å². The summed E-state index contributed by atoms with van der Waals surface area (Å²) in [6.45, 7) is 5.57. The van der Waals surface area contributed by atoms with E-state index in [1.165, 1.54) is 32.1 Å². The van der Waals surface area contributed by atoms with Crippen molar-refractivity contribution in [2.75, 3.05) is 13.1 Å². The van der Waals surface area contributed by atoms with Crippen LogP contribution in [0, 0.1) is 5.92 Å². The van der Waals surface area contributed by atoms with Crippen molar-refractivity contribution in [2.24, 2.45) is 5.92 Å². The van der Waals surface area contributed by atoms with Gasteiger partial charge in [-0.05, 0) is 30.9 Å². The Balaban J connectivity index is 1.89. The van der Waals surface area contributed by atoms with Crippen molar-refractivity contribution in [2.45, 2.75) is 26.4 Å². The molecule has 1 aliphatic heterocycles. The van der Waals surface area contributed by atoms with Crippen LogP contribution in [0.3, 0.4) is 0 Å². The molecule has 0 radical (unpaired) electrons. The van der Waals surface area contributed by atoms with Gasteiger partial charge in [0, 0.05) is 5.39 Å². The van der Waals surface area contributed by atoms with Crippen LogP contribution in [0.5, 0.6) is 0 Å². The lowest BCUT2D eigenvalue weighted by Crippen LogP contribution is -3.12. The van der Waals surface area contributed by atoms with E-state index in [0.29, 0.717) is 0 Å². The van der Waals surface area contributed by atoms with Gasteiger partial charge in [-0.25, -0.2) is 4.68 Å². The van der Waals surface area contributed by atoms with Crippen molar-refractivity contribution >= 4 is 10.9 Å². The monoisotopic (exact) mass is 258 g/mol. The van der Waals surface area contributed by atoms with Gasteiger partial charge in [0.15, 0.2) is 6.67 Å². The van der Waals surface area contributed by atoms with Gasteiger partial charge in [-0.1, -0.05) is 19.1 Å². The van der Waals surface area contributed by atoms with Crippen molar-refractivity contribution in [1.82, 2.24) is 9.78 Å². The molecule has 1 fully saturated rings. The van der Waals surface area contributed by atoms with Gasteiger partial charge in [-0.15, -0.1) is 0 Å². The molecule has 0 atom stereocenters. The van der Waals surface area contributed by atoms with Crippen LogP contribution in [0.25, 0.3) is 10.9 Å². The second kappa shape index (κ2) is 5.13. The molecule has 1 aliphatic rings. The zero-order chi connectivity index (χ0) is 13.2. The van der Waals surface area contributed by atoms with Gasteiger partial charge in [0.25, 0.3) is 0 Å². The summed E-state index contributed by atoms with van der Waals surface area (Å²) in [6.07, 6.45) is 4.01. The minimum Gasteiger partial charge on any atom is -0.316 e. The molecular formula is C15H20N3O+. The van der Waals surface area contributed by atoms with Crippen molar-refractivity contribution in [1.29, 1.82) is 0 Å². The number of fused-ring (bicyclic) bond motifs is 1. The summed E-state index contributed by atoms with van der Waals surface area (Å²) < 4.78 is 1.97. The van der Waals surface area contributed by atoms with Gasteiger partial charge in [-0.2, -0.15) is 5.10 Å². The Bertz CT molecular complexity index is 627. The summed E-state index contributed by atoms with van der Waals surface area (Å²) in [7, 11) is 0. The second-order valence-corrected chi connectivity index (χ2v) is 5.62. The van der Waals surface area contributed by atoms with Gasteiger partial charge >= 0.3 is 0 Å². The van der Waals surface area contributed by atoms with E-state index in [-0.39, 0.29) is 5.43 Å². The molecule has 4 nitrogen and oxygen atoms in total. The molecule has 1 saturated heterocycles. The predicted molar refractivity (Wildman–Crippen MR) is 75.1 cm³/mol. The van der Waals surface area contributed by atoms with Crippen LogP contribution in [0.1, 0.15) is 19.8 Å². The number of likely N-dealkylation sites (tertiary alicyclic amines) is 1. The topological polar surface area (TPSA) is 39.3 Å². The Hall–Kier alpha value is -1.68. The first-order valence-electron chi connectivity index (χ1n) is 7.02. The highest BCUT2D eigenvalue weighted by Crippen LogP contribution is 2.08. The summed E-state index contributed by atoms with van der Waals surface area (Å²) in [5, 5.41) is 5.07. The van der Waals surface area contributed by atoms with E-state index in [4.69, 9.17) is 0 Å². The number of benzene rings is 1. The summed E-state index contributed by atoms with van der Waals surface area (Å²) in [4.78, 5) is 13.3. The summed E-state index contributed by atoms with van der Waals surface area (Å²) >= 11 is 0. The molecule has 0 amide bonds. The minimum atomic E-state index is 0.00844. The summed E-state index contributed by atoms with van der Waals surface area (Å²) in [5.74, 6) is 0.850. The van der Waals surface area contributed by atoms with E-state index in [1.54, 1.807) is 4.90 Å². The Morgan fingerprint density at radius 1 is 1.32 bits per heavy atom. The first-order chi connectivity index (χ1) is 9.24. The maximum Gasteiger partial charge on any atom is 0.207 e. The molecule has 4 heteroatoms. The van der Waals surface area contributed by atoms with Gasteiger partial charge in [-0.3, -0.25) is 4.79 Å². The van der Waals surface area contributed by atoms with Crippen LogP contribution in [0.2, 0.25) is 0 Å². The standard InChI is InChI=1S/C15H19N3O/c1-12-6-8-17(9-7-12)11-18-14-5-3-2-4-13(14)15(19)10-16-18/h2-5,10,12H,6-9,11H2,1H3/p+1. The molecule has 0 aliphatic carbocycles. The van der Waals surface area contributed by atoms with Crippen LogP contribution < -0.4 is 10.3 Å². The number of aromatic nitrogens is 2. The molecule has 2 aromatic rings. The number of nitrogens with one attached hydrogen (secondary N) is 1. The molecule has 0 bridgehead atoms. The zero-order valence-corrected chi connectivity index (χ0v) is 11.3. The number of para-hydroxylation sites is 1. The largest absolute Gasteiger partial charge is 0.316 e. The third-order valence-electron chi connectivity index (χ3n) is 4.12. The van der Waals surface area contributed by atoms with Gasteiger partial charge < -0.3 is 4.90 Å². The molecule has 100 valence electrons. The Labute approximate surface area is 112 Å². The fourth-order valence-electron chi connectivity index (χ4n) is 2.83. The van der Waals surface area contributed by atoms with E-state index in [9.17, 15) is 4.79 Å². The Morgan fingerprint density at radius 3 is 2.84 bits per heavy atom. The first-order valence-corrected chi connectivity index (χ1v) is 7.02. The van der Waals surface area contributed by atoms with E-state index in [0.717, 1.165) is 23.5 Å². The lowest BCUT2D eigenvalue weighted by Gasteiger charge is -2.27. The van der Waals surface area contributed by atoms with E-state index in [2.05, 4.69) is 12.0 Å². The molecule has 1 aromatic carbocycles. The molecule has 2 heterocycles. The highest BCUT2D eigenvalue weighted by molar-refractivity contribution is 5.77. The molecule has 3 rings (SSSR count). The smallest absolute Gasteiger partial charge is 0.207 e. The van der Waals surface area contributed by atoms with Crippen LogP contribution in [-0.4, -0.2) is 22.9 Å². The third kappa shape index (κ3) is 2.54. The molecule has 1 aromatic heterocycles. The normalized spacial score (nSPS) is 23.6. The van der Waals surface area contributed by atoms with Crippen LogP contribution in [-0.2, 0) is 6.67 Å². The number of rotatable bonds is 2. The molecular weight excluding hydrogens is 238 g/mol. The maximum absolute atomic E-state index is 11.8. The Kier molecular flexibility index (Phi) is 3.34. The lowest BCUT2D eigenvalue weighted by molar-refractivity contribution is -0.928. The molecule has 0 saturated carbocycles. The summed E-state index contributed by atoms with van der Waals surface area (Å²) in [6, 6.07) is 7.73. The first kappa shape index (κ1) is 12.4. The number of nitrogens with zero attached hydrogens (tertiary/aromatic N) is 2. The van der Waals surface area contributed by atoms with Gasteiger partial charge in [0.2, 0.25) is 5.43 Å². The quantitative estimate of drug-likeness (QED) is 0.860. The Morgan fingerprint density at radius 2 is 2.05 bits per heavy atom. The van der Waals surface area contributed by atoms with E-state index < -0.39 is 0 Å². The van der Waals surface area contributed by atoms with Crippen LogP contribution in [0.15, 0.2) is 35.3 Å². The number of hydrogen-bond donors (Lipinski definition) is 1. The number of hydrogen-bond acceptors (Lipinski definition) is 2. The predicted octanol–water partition coefficient (Wildman–Crippen LogP) is 0.669. The average molecular weight is 258 g/mol. The lowest BCUT2D eigenvalue weighted by atomic mass is 10.00. The van der Waals surface area contributed by atoms with Crippen molar-refractivity contribution < 1.29 is 4.90 Å². The SMILES string of the molecule is CC1CC[NH+](Cn2ncc(=O)c3ccccc32)CC1. The van der Waals surface area contributed by atoms with Crippen molar-refractivity contribution in [3.8, 4) is 0 Å². The fourth-order valence-corrected chi connectivity index (χ4v) is 2.83. The van der Waals surface area contributed by atoms with Crippen molar-refractivity contribution in [3.05, 3.63) is 40.7 Å². The number of piperidine rings is 1. The highest BCUT2D eigenvalue weighted by Gasteiger charge is 2.19. The zero-order valence-electron chi connectivity index (χ0n) is 11.3. The van der Waals surface area contributed by atoms with E-state index >= 15 is 0 Å². The van der Waals surface area contributed by atoms with Gasteiger partial charge in [0.1, 0.15) is 0 Å². The third-order valence-corrected chi connectivity index (χ3v) is 4.12. The minimum absolute atomic E-state index is 0.00844. The van der Waals surface area contributed by atoms with Crippen molar-refractivity contribution in [3.63, 3.8) is 0 Å². The molecule has 1 N–H and O–H groups in total. The van der Waals surface area contributed by atoms with E-state index in [1.807, 2.05) is 28.9 Å². The van der Waals surface area contributed by atoms with Crippen LogP contribution >= 0.6 is 0 Å². The maximum atomic E-state index is 11.8. The number of quaternary nitrogens is 1. The highest BCUT2D eigenvalue weighted by atomic mass is 16.1. The molecule has 0 spiro atoms. The van der Waals surface area contributed by atoms with Crippen LogP contribution in [0.4, 0.5) is 0 Å². The summed E-state index contributed by atoms with van der Waals surface area (Å²) in [5.41, 5.74) is 0.954.